The fourth-order valence-corrected chi connectivity index (χ4v) is 7.27. The Morgan fingerprint density at radius 2 is 1.16 bits per heavy atom. The van der Waals surface area contributed by atoms with Crippen LogP contribution in [-0.2, 0) is 35.8 Å². The molecule has 9 nitrogen and oxygen atoms in total. The molecule has 0 spiro atoms. The lowest BCUT2D eigenvalue weighted by Crippen LogP contribution is -2.34. The lowest BCUT2D eigenvalue weighted by molar-refractivity contribution is -0.274. The molecule has 0 atom stereocenters. The van der Waals surface area contributed by atoms with Crippen LogP contribution in [0.25, 0.3) is 10.8 Å². The smallest absolute Gasteiger partial charge is 0.445 e. The van der Waals surface area contributed by atoms with Crippen LogP contribution < -0.4 is 13.3 Å². The zero-order chi connectivity index (χ0) is 33.2. The average Bonchev–Trinajstić information content (AvgIpc) is 2.97. The molecular weight excluding hydrogens is 654 g/mol. The minimum absolute atomic E-state index is 0.0190. The zero-order valence-corrected chi connectivity index (χ0v) is 24.5. The van der Waals surface area contributed by atoms with Gasteiger partial charge in [0, 0.05) is 17.3 Å². The second-order valence-corrected chi connectivity index (χ2v) is 12.8. The maximum Gasteiger partial charge on any atom is 0.573 e. The van der Waals surface area contributed by atoms with Crippen molar-refractivity contribution in [2.24, 2.45) is 0 Å². The van der Waals surface area contributed by atoms with Gasteiger partial charge in [0.2, 0.25) is 0 Å². The van der Waals surface area contributed by atoms with Crippen molar-refractivity contribution in [3.8, 4) is 5.75 Å². The third kappa shape index (κ3) is 7.09. The van der Waals surface area contributed by atoms with E-state index in [1.165, 1.54) is 43.3 Å². The van der Waals surface area contributed by atoms with Gasteiger partial charge in [0.15, 0.2) is 6.73 Å². The highest BCUT2D eigenvalue weighted by atomic mass is 32.2. The summed E-state index contributed by atoms with van der Waals surface area (Å²) in [4.78, 5) is 10.1. The normalized spacial score (nSPS) is 12.5. The monoisotopic (exact) mass is 676 g/mol. The van der Waals surface area contributed by atoms with Gasteiger partial charge in [-0.05, 0) is 67.6 Å². The number of carbonyl (C=O) groups excluding carboxylic acids is 1. The van der Waals surface area contributed by atoms with Crippen LogP contribution in [0.2, 0.25) is 0 Å². The van der Waals surface area contributed by atoms with Crippen LogP contribution in [0.1, 0.15) is 12.5 Å². The molecule has 17 heteroatoms. The van der Waals surface area contributed by atoms with Crippen molar-refractivity contribution in [1.82, 2.24) is 0 Å². The molecule has 45 heavy (non-hydrogen) atoms. The Kier molecular flexibility index (Phi) is 9.25. The Labute approximate surface area is 253 Å². The topological polar surface area (TPSA) is 110 Å². The Morgan fingerprint density at radius 3 is 1.60 bits per heavy atom. The second kappa shape index (κ2) is 12.5. The van der Waals surface area contributed by atoms with E-state index < -0.39 is 60.4 Å². The molecule has 240 valence electrons. The Balaban J connectivity index is 1.82. The van der Waals surface area contributed by atoms with Crippen LogP contribution in [-0.4, -0.2) is 42.9 Å². The van der Waals surface area contributed by atoms with Gasteiger partial charge in [-0.25, -0.2) is 21.1 Å². The molecule has 4 aromatic rings. The number of hydrogen-bond donors (Lipinski definition) is 0. The number of halogens is 6. The first kappa shape index (κ1) is 33.4. The van der Waals surface area contributed by atoms with Gasteiger partial charge in [0.25, 0.3) is 26.5 Å². The number of carbonyl (C=O) groups is 1. The quantitative estimate of drug-likeness (QED) is 0.104. The predicted molar refractivity (Wildman–Crippen MR) is 150 cm³/mol. The third-order valence-corrected chi connectivity index (χ3v) is 10.0. The summed E-state index contributed by atoms with van der Waals surface area (Å²) in [5, 5.41) is 0.360. The van der Waals surface area contributed by atoms with Gasteiger partial charge in [0.1, 0.15) is 5.75 Å². The highest BCUT2D eigenvalue weighted by Crippen LogP contribution is 2.39. The molecule has 0 aromatic heterocycles. The van der Waals surface area contributed by atoms with Crippen molar-refractivity contribution in [3.05, 3.63) is 90.5 Å². The second-order valence-electron chi connectivity index (χ2n) is 9.11. The molecule has 0 aliphatic heterocycles. The number of ether oxygens (including phenoxy) is 2. The Hall–Kier alpha value is -4.51. The molecule has 0 unspecified atom stereocenters. The fourth-order valence-electron chi connectivity index (χ4n) is 4.42. The summed E-state index contributed by atoms with van der Waals surface area (Å²) in [5.41, 5.74) is -1.07. The Bertz CT molecular complexity index is 1900. The summed E-state index contributed by atoms with van der Waals surface area (Å²) in [6.07, 6.45) is -9.70. The molecule has 0 bridgehead atoms. The van der Waals surface area contributed by atoms with Crippen LogP contribution in [0.5, 0.6) is 5.75 Å². The summed E-state index contributed by atoms with van der Waals surface area (Å²) in [6.45, 7) is 0.437. The molecule has 0 aliphatic rings. The number of rotatable bonds is 11. The highest BCUT2D eigenvalue weighted by molar-refractivity contribution is 7.93. The first-order valence-corrected chi connectivity index (χ1v) is 15.5. The van der Waals surface area contributed by atoms with Gasteiger partial charge < -0.3 is 9.47 Å². The molecule has 0 saturated carbocycles. The maximum absolute atomic E-state index is 13.7. The van der Waals surface area contributed by atoms with E-state index in [2.05, 4.69) is 4.74 Å². The minimum Gasteiger partial charge on any atom is -0.445 e. The largest absolute Gasteiger partial charge is 0.573 e. The van der Waals surface area contributed by atoms with Gasteiger partial charge in [-0.2, -0.15) is 13.2 Å². The molecular formula is C28H22F6N2O7S2. The number of benzene rings is 4. The SMILES string of the molecule is CCN(c1ccc(N(COC=O)S(=O)(=O)c2ccc(OC(F)(F)F)cc2)c2ccccc12)S(=O)(=O)c1ccc(C(F)(F)F)cc1. The number of anilines is 2. The van der Waals surface area contributed by atoms with E-state index in [0.717, 1.165) is 40.7 Å². The van der Waals surface area contributed by atoms with Crippen LogP contribution in [0.3, 0.4) is 0 Å². The van der Waals surface area contributed by atoms with E-state index in [4.69, 9.17) is 4.74 Å². The summed E-state index contributed by atoms with van der Waals surface area (Å²) >= 11 is 0. The minimum atomic E-state index is -5.02. The first-order valence-electron chi connectivity index (χ1n) is 12.7. The standard InChI is InChI=1S/C28H22F6N2O7S2/c1-2-35(44(38,39)21-11-7-19(8-12-21)27(29,30)31)25-15-16-26(24-6-4-3-5-23(24)25)36(17-42-18-37)45(40,41)22-13-9-20(10-14-22)43-28(32,33)34/h3-16,18H,2,17H2,1H3. The van der Waals surface area contributed by atoms with E-state index in [1.807, 2.05) is 0 Å². The maximum atomic E-state index is 13.7. The lowest BCUT2D eigenvalue weighted by Gasteiger charge is -2.28. The molecule has 0 saturated heterocycles. The molecule has 0 aliphatic carbocycles. The summed E-state index contributed by atoms with van der Waals surface area (Å²) < 4.78 is 142. The van der Waals surface area contributed by atoms with Crippen molar-refractivity contribution in [2.45, 2.75) is 29.3 Å². The van der Waals surface area contributed by atoms with Crippen LogP contribution >= 0.6 is 0 Å². The van der Waals surface area contributed by atoms with Crippen molar-refractivity contribution >= 4 is 48.7 Å². The number of hydrogen-bond acceptors (Lipinski definition) is 7. The van der Waals surface area contributed by atoms with Crippen molar-refractivity contribution < 1.29 is 57.4 Å². The van der Waals surface area contributed by atoms with Crippen LogP contribution in [0.4, 0.5) is 37.7 Å². The van der Waals surface area contributed by atoms with Crippen molar-refractivity contribution in [2.75, 3.05) is 21.9 Å². The van der Waals surface area contributed by atoms with Crippen LogP contribution in [0, 0.1) is 0 Å². The molecule has 0 N–H and O–H groups in total. The molecule has 4 aromatic carbocycles. The third-order valence-electron chi connectivity index (χ3n) is 6.38. The van der Waals surface area contributed by atoms with Crippen molar-refractivity contribution in [3.63, 3.8) is 0 Å². The number of sulfonamides is 2. The lowest BCUT2D eigenvalue weighted by atomic mass is 10.1. The van der Waals surface area contributed by atoms with E-state index in [-0.39, 0.29) is 35.2 Å². The number of nitrogens with zero attached hydrogens (tertiary/aromatic N) is 2. The first-order chi connectivity index (χ1) is 21.0. The van der Waals surface area contributed by atoms with E-state index in [1.54, 1.807) is 0 Å². The molecule has 0 fully saturated rings. The van der Waals surface area contributed by atoms with Gasteiger partial charge in [0.05, 0.1) is 26.7 Å². The van der Waals surface area contributed by atoms with Gasteiger partial charge in [-0.3, -0.25) is 9.10 Å². The van der Waals surface area contributed by atoms with E-state index >= 15 is 0 Å². The Morgan fingerprint density at radius 1 is 0.689 bits per heavy atom. The predicted octanol–water partition coefficient (Wildman–Crippen LogP) is 6.30. The van der Waals surface area contributed by atoms with E-state index in [9.17, 15) is 48.0 Å². The number of fused-ring (bicyclic) bond motifs is 1. The molecule has 0 radical (unpaired) electrons. The van der Waals surface area contributed by atoms with Crippen molar-refractivity contribution in [1.29, 1.82) is 0 Å². The fraction of sp³-hybridized carbons (Fsp3) is 0.179. The summed E-state index contributed by atoms with van der Waals surface area (Å²) in [7, 11) is -9.04. The zero-order valence-electron chi connectivity index (χ0n) is 22.9. The van der Waals surface area contributed by atoms with Gasteiger partial charge in [-0.15, -0.1) is 13.2 Å². The van der Waals surface area contributed by atoms with Gasteiger partial charge in [-0.1, -0.05) is 24.3 Å². The van der Waals surface area contributed by atoms with Crippen LogP contribution in [0.15, 0.2) is 94.7 Å². The number of alkyl halides is 6. The van der Waals surface area contributed by atoms with Gasteiger partial charge >= 0.3 is 12.5 Å². The highest BCUT2D eigenvalue weighted by Gasteiger charge is 2.34. The van der Waals surface area contributed by atoms with E-state index in [0.29, 0.717) is 16.4 Å². The molecule has 0 amide bonds. The molecule has 4 rings (SSSR count). The summed E-state index contributed by atoms with van der Waals surface area (Å²) in [6, 6.07) is 14.7. The average molecular weight is 677 g/mol. The molecule has 0 heterocycles. The summed E-state index contributed by atoms with van der Waals surface area (Å²) in [5.74, 6) is -0.680.